The average Bonchev–Trinajstić information content (AvgIpc) is 3.06. The monoisotopic (exact) mass is 286 g/mol. The van der Waals surface area contributed by atoms with Crippen molar-refractivity contribution >= 4 is 26.7 Å². The maximum absolute atomic E-state index is 5.24. The fraction of sp³-hybridized carbons (Fsp3) is 0.357. The van der Waals surface area contributed by atoms with Gasteiger partial charge in [-0.25, -0.2) is 4.98 Å². The zero-order chi connectivity index (χ0) is 13.4. The lowest BCUT2D eigenvalue weighted by atomic mass is 10.3. The van der Waals surface area contributed by atoms with Crippen molar-refractivity contribution in [1.29, 1.82) is 0 Å². The Labute approximate surface area is 120 Å². The first-order valence-corrected chi connectivity index (χ1v) is 7.62. The number of aromatic nitrogens is 3. The fourth-order valence-corrected chi connectivity index (χ4v) is 2.99. The number of thiazole rings is 1. The Morgan fingerprint density at radius 1 is 1.25 bits per heavy atom. The highest BCUT2D eigenvalue weighted by molar-refractivity contribution is 7.22. The first kappa shape index (κ1) is 11.8. The predicted octanol–water partition coefficient (Wildman–Crippen LogP) is 3.21. The minimum Gasteiger partial charge on any atom is -0.361 e. The molecule has 1 aliphatic rings. The molecule has 1 aromatic carbocycles. The molecule has 0 aliphatic heterocycles. The van der Waals surface area contributed by atoms with Gasteiger partial charge in [0, 0.05) is 18.9 Å². The summed E-state index contributed by atoms with van der Waals surface area (Å²) < 4.78 is 6.44. The fourth-order valence-electron chi connectivity index (χ4n) is 2.10. The van der Waals surface area contributed by atoms with Gasteiger partial charge in [-0.1, -0.05) is 28.6 Å². The van der Waals surface area contributed by atoms with Crippen molar-refractivity contribution in [1.82, 2.24) is 15.1 Å². The van der Waals surface area contributed by atoms with Gasteiger partial charge in [0.1, 0.15) is 0 Å². The summed E-state index contributed by atoms with van der Waals surface area (Å²) in [6.45, 7) is 0.756. The highest BCUT2D eigenvalue weighted by atomic mass is 32.1. The van der Waals surface area contributed by atoms with E-state index >= 15 is 0 Å². The van der Waals surface area contributed by atoms with Gasteiger partial charge in [0.15, 0.2) is 11.0 Å². The van der Waals surface area contributed by atoms with Gasteiger partial charge < -0.3 is 9.84 Å². The smallest absolute Gasteiger partial charge is 0.228 e. The summed E-state index contributed by atoms with van der Waals surface area (Å²) in [6.07, 6.45) is 3.13. The molecule has 20 heavy (non-hydrogen) atoms. The summed E-state index contributed by atoms with van der Waals surface area (Å²) in [5, 5.41) is 8.27. The molecular formula is C14H14N4OS. The molecule has 2 aromatic heterocycles. The third-order valence-electron chi connectivity index (χ3n) is 3.34. The molecule has 1 aliphatic carbocycles. The van der Waals surface area contributed by atoms with Crippen LogP contribution in [-0.2, 0) is 6.42 Å². The quantitative estimate of drug-likeness (QED) is 0.780. The van der Waals surface area contributed by atoms with Crippen LogP contribution in [0.4, 0.5) is 5.13 Å². The van der Waals surface area contributed by atoms with E-state index in [4.69, 9.17) is 4.52 Å². The summed E-state index contributed by atoms with van der Waals surface area (Å²) in [5.74, 6) is 2.13. The lowest BCUT2D eigenvalue weighted by Crippen LogP contribution is -2.04. The molecule has 0 bridgehead atoms. The van der Waals surface area contributed by atoms with Crippen LogP contribution in [0.1, 0.15) is 30.5 Å². The normalized spacial score (nSPS) is 14.8. The second-order valence-corrected chi connectivity index (χ2v) is 6.01. The molecule has 102 valence electrons. The van der Waals surface area contributed by atoms with Gasteiger partial charge in [0.2, 0.25) is 5.89 Å². The van der Waals surface area contributed by atoms with Crippen LogP contribution >= 0.6 is 11.3 Å². The lowest BCUT2D eigenvalue weighted by molar-refractivity contribution is 0.375. The van der Waals surface area contributed by atoms with Crippen LogP contribution < -0.4 is 5.32 Å². The molecule has 0 amide bonds. The molecule has 5 nitrogen and oxygen atoms in total. The maximum atomic E-state index is 5.24. The molecule has 6 heteroatoms. The molecule has 1 N–H and O–H groups in total. The molecule has 0 radical (unpaired) electrons. The lowest BCUT2D eigenvalue weighted by Gasteiger charge is -1.97. The molecule has 2 heterocycles. The van der Waals surface area contributed by atoms with E-state index in [1.165, 1.54) is 17.5 Å². The Morgan fingerprint density at radius 3 is 3.00 bits per heavy atom. The molecule has 1 saturated carbocycles. The molecule has 4 rings (SSSR count). The van der Waals surface area contributed by atoms with Gasteiger partial charge in [0.25, 0.3) is 0 Å². The summed E-state index contributed by atoms with van der Waals surface area (Å²) in [6, 6.07) is 8.14. The molecule has 0 unspecified atom stereocenters. The number of nitrogens with zero attached hydrogens (tertiary/aromatic N) is 3. The van der Waals surface area contributed by atoms with Crippen LogP contribution in [0.3, 0.4) is 0 Å². The average molecular weight is 286 g/mol. The highest BCUT2D eigenvalue weighted by Gasteiger charge is 2.28. The largest absolute Gasteiger partial charge is 0.361 e. The number of anilines is 1. The van der Waals surface area contributed by atoms with E-state index in [9.17, 15) is 0 Å². The van der Waals surface area contributed by atoms with E-state index in [-0.39, 0.29) is 0 Å². The number of para-hydroxylation sites is 1. The number of hydrogen-bond donors (Lipinski definition) is 1. The minimum atomic E-state index is 0.546. The Kier molecular flexibility index (Phi) is 2.88. The first-order valence-electron chi connectivity index (χ1n) is 6.80. The van der Waals surface area contributed by atoms with Gasteiger partial charge in [-0.15, -0.1) is 0 Å². The Hall–Kier alpha value is -1.95. The third kappa shape index (κ3) is 2.38. The zero-order valence-electron chi connectivity index (χ0n) is 10.9. The molecule has 0 spiro atoms. The second kappa shape index (κ2) is 4.86. The van der Waals surface area contributed by atoms with Gasteiger partial charge in [-0.05, 0) is 25.0 Å². The Morgan fingerprint density at radius 2 is 2.15 bits per heavy atom. The predicted molar refractivity (Wildman–Crippen MR) is 78.1 cm³/mol. The zero-order valence-corrected chi connectivity index (χ0v) is 11.7. The molecule has 1 fully saturated rings. The van der Waals surface area contributed by atoms with Gasteiger partial charge in [0.05, 0.1) is 10.2 Å². The molecule has 0 atom stereocenters. The van der Waals surface area contributed by atoms with Crippen molar-refractivity contribution in [3.8, 4) is 0 Å². The van der Waals surface area contributed by atoms with E-state index in [1.807, 2.05) is 18.2 Å². The first-order chi connectivity index (χ1) is 9.88. The van der Waals surface area contributed by atoms with E-state index in [1.54, 1.807) is 11.3 Å². The number of hydrogen-bond acceptors (Lipinski definition) is 6. The standard InChI is InChI=1S/C14H14N4OS/c1-2-4-11-10(3-1)16-14(20-11)15-8-7-12-17-13(18-19-12)9-5-6-9/h1-4,9H,5-8H2,(H,15,16). The van der Waals surface area contributed by atoms with Crippen LogP contribution in [0.2, 0.25) is 0 Å². The Bertz CT molecular complexity index is 698. The van der Waals surface area contributed by atoms with E-state index < -0.39 is 0 Å². The highest BCUT2D eigenvalue weighted by Crippen LogP contribution is 2.38. The van der Waals surface area contributed by atoms with Crippen molar-refractivity contribution in [3.05, 3.63) is 36.0 Å². The SMILES string of the molecule is c1ccc2sc(NCCc3nc(C4CC4)no3)nc2c1. The Balaban J connectivity index is 1.37. The van der Waals surface area contributed by atoms with Crippen molar-refractivity contribution in [2.45, 2.75) is 25.2 Å². The van der Waals surface area contributed by atoms with Crippen LogP contribution in [-0.4, -0.2) is 21.7 Å². The van der Waals surface area contributed by atoms with Crippen LogP contribution in [0.15, 0.2) is 28.8 Å². The van der Waals surface area contributed by atoms with E-state index in [0.717, 1.165) is 29.4 Å². The topological polar surface area (TPSA) is 63.8 Å². The second-order valence-electron chi connectivity index (χ2n) is 4.98. The molecule has 3 aromatic rings. The van der Waals surface area contributed by atoms with Gasteiger partial charge in [-0.3, -0.25) is 0 Å². The summed E-state index contributed by atoms with van der Waals surface area (Å²) in [7, 11) is 0. The van der Waals surface area contributed by atoms with Crippen molar-refractivity contribution in [2.75, 3.05) is 11.9 Å². The third-order valence-corrected chi connectivity index (χ3v) is 4.33. The number of benzene rings is 1. The van der Waals surface area contributed by atoms with E-state index in [0.29, 0.717) is 11.8 Å². The number of nitrogens with one attached hydrogen (secondary N) is 1. The summed E-state index contributed by atoms with van der Waals surface area (Å²) in [4.78, 5) is 8.94. The van der Waals surface area contributed by atoms with Gasteiger partial charge >= 0.3 is 0 Å². The molecule has 0 saturated heterocycles. The van der Waals surface area contributed by atoms with Crippen LogP contribution in [0.5, 0.6) is 0 Å². The van der Waals surface area contributed by atoms with E-state index in [2.05, 4.69) is 26.5 Å². The summed E-state index contributed by atoms with van der Waals surface area (Å²) in [5.41, 5.74) is 1.04. The van der Waals surface area contributed by atoms with Crippen LogP contribution in [0, 0.1) is 0 Å². The van der Waals surface area contributed by atoms with Crippen molar-refractivity contribution in [2.24, 2.45) is 0 Å². The van der Waals surface area contributed by atoms with Gasteiger partial charge in [-0.2, -0.15) is 4.98 Å². The van der Waals surface area contributed by atoms with Crippen molar-refractivity contribution in [3.63, 3.8) is 0 Å². The molecular weight excluding hydrogens is 272 g/mol. The van der Waals surface area contributed by atoms with Crippen LogP contribution in [0.25, 0.3) is 10.2 Å². The number of rotatable bonds is 5. The summed E-state index contributed by atoms with van der Waals surface area (Å²) >= 11 is 1.66. The maximum Gasteiger partial charge on any atom is 0.228 e. The van der Waals surface area contributed by atoms with Crippen molar-refractivity contribution < 1.29 is 4.52 Å². The minimum absolute atomic E-state index is 0.546. The number of fused-ring (bicyclic) bond motifs is 1.